The fourth-order valence-electron chi connectivity index (χ4n) is 5.30. The molecular formula is C27H36FN3O2S. The lowest BCUT2D eigenvalue weighted by Crippen LogP contribution is -2.55. The standard InChI is InChI=1S/C27H36FN3O2S/c1-3-4-5-9-26(33)31-16-15-30(19-20(31)2)25(32)11-14-29-13-10-24-23(12-17-34-24)27(29)21-7-6-8-22(28)18-21/h6-8,12,17-18,20,27H,3-5,9-11,13-16,19H2,1-2H3. The number of hydrogen-bond acceptors (Lipinski definition) is 4. The predicted molar refractivity (Wildman–Crippen MR) is 134 cm³/mol. The molecule has 2 aliphatic rings. The van der Waals surface area contributed by atoms with E-state index in [0.29, 0.717) is 39.0 Å². The third-order valence-electron chi connectivity index (χ3n) is 7.14. The van der Waals surface area contributed by atoms with Gasteiger partial charge in [0.05, 0.1) is 6.04 Å². The number of halogens is 1. The molecule has 0 spiro atoms. The molecule has 1 saturated heterocycles. The van der Waals surface area contributed by atoms with Crippen molar-refractivity contribution in [2.24, 2.45) is 0 Å². The number of amides is 2. The molecule has 2 atom stereocenters. The van der Waals surface area contributed by atoms with E-state index in [9.17, 15) is 14.0 Å². The molecule has 3 heterocycles. The first kappa shape index (κ1) is 24.9. The molecule has 1 fully saturated rings. The van der Waals surface area contributed by atoms with E-state index in [4.69, 9.17) is 0 Å². The van der Waals surface area contributed by atoms with Crippen LogP contribution in [0.5, 0.6) is 0 Å². The Labute approximate surface area is 206 Å². The summed E-state index contributed by atoms with van der Waals surface area (Å²) in [6.45, 7) is 7.50. The number of rotatable bonds is 8. The number of piperazine rings is 1. The smallest absolute Gasteiger partial charge is 0.223 e. The van der Waals surface area contributed by atoms with Crippen molar-refractivity contribution in [1.82, 2.24) is 14.7 Å². The molecule has 1 aromatic heterocycles. The van der Waals surface area contributed by atoms with Gasteiger partial charge in [-0.15, -0.1) is 11.3 Å². The van der Waals surface area contributed by atoms with Crippen LogP contribution in [0.2, 0.25) is 0 Å². The van der Waals surface area contributed by atoms with Gasteiger partial charge in [0.15, 0.2) is 0 Å². The summed E-state index contributed by atoms with van der Waals surface area (Å²) in [6.07, 6.45) is 5.13. The number of unbranched alkanes of at least 4 members (excludes halogenated alkanes) is 2. The summed E-state index contributed by atoms with van der Waals surface area (Å²) in [5.74, 6) is 0.122. The van der Waals surface area contributed by atoms with Gasteiger partial charge < -0.3 is 9.80 Å². The molecular weight excluding hydrogens is 449 g/mol. The summed E-state index contributed by atoms with van der Waals surface area (Å²) in [5.41, 5.74) is 2.17. The van der Waals surface area contributed by atoms with Gasteiger partial charge in [-0.05, 0) is 54.5 Å². The van der Waals surface area contributed by atoms with E-state index in [2.05, 4.69) is 23.3 Å². The van der Waals surface area contributed by atoms with Crippen molar-refractivity contribution in [2.75, 3.05) is 32.7 Å². The molecule has 5 nitrogen and oxygen atoms in total. The molecule has 0 radical (unpaired) electrons. The number of carbonyl (C=O) groups is 2. The Morgan fingerprint density at radius 2 is 1.94 bits per heavy atom. The summed E-state index contributed by atoms with van der Waals surface area (Å²) in [5, 5.41) is 2.11. The highest BCUT2D eigenvalue weighted by molar-refractivity contribution is 7.10. The zero-order chi connectivity index (χ0) is 24.1. The second kappa shape index (κ2) is 11.5. The third-order valence-corrected chi connectivity index (χ3v) is 8.13. The Morgan fingerprint density at radius 1 is 1.09 bits per heavy atom. The van der Waals surface area contributed by atoms with Gasteiger partial charge in [0.1, 0.15) is 5.82 Å². The van der Waals surface area contributed by atoms with Gasteiger partial charge >= 0.3 is 0 Å². The van der Waals surface area contributed by atoms with Gasteiger partial charge in [-0.2, -0.15) is 0 Å². The zero-order valence-electron chi connectivity index (χ0n) is 20.3. The molecule has 34 heavy (non-hydrogen) atoms. The lowest BCUT2D eigenvalue weighted by atomic mass is 9.93. The SMILES string of the molecule is CCCCCC(=O)N1CCN(C(=O)CCN2CCc3sccc3C2c2cccc(F)c2)CC1C. The Hall–Kier alpha value is -2.25. The summed E-state index contributed by atoms with van der Waals surface area (Å²) in [4.78, 5) is 33.2. The van der Waals surface area contributed by atoms with Gasteiger partial charge in [0.25, 0.3) is 0 Å². The van der Waals surface area contributed by atoms with Crippen LogP contribution >= 0.6 is 11.3 Å². The van der Waals surface area contributed by atoms with Crippen molar-refractivity contribution in [2.45, 2.75) is 64.5 Å². The second-order valence-corrected chi connectivity index (χ2v) is 10.5. The van der Waals surface area contributed by atoms with Crippen molar-refractivity contribution < 1.29 is 14.0 Å². The van der Waals surface area contributed by atoms with Crippen LogP contribution in [0.1, 0.15) is 68.0 Å². The molecule has 0 aliphatic carbocycles. The quantitative estimate of drug-likeness (QED) is 0.502. The van der Waals surface area contributed by atoms with Crippen LogP contribution in [0.4, 0.5) is 4.39 Å². The van der Waals surface area contributed by atoms with E-state index < -0.39 is 0 Å². The molecule has 2 amide bonds. The van der Waals surface area contributed by atoms with Crippen LogP contribution in [0.15, 0.2) is 35.7 Å². The van der Waals surface area contributed by atoms with Crippen LogP contribution in [0, 0.1) is 5.82 Å². The highest BCUT2D eigenvalue weighted by Crippen LogP contribution is 2.38. The van der Waals surface area contributed by atoms with Gasteiger partial charge in [-0.3, -0.25) is 14.5 Å². The average molecular weight is 486 g/mol. The highest BCUT2D eigenvalue weighted by Gasteiger charge is 2.32. The summed E-state index contributed by atoms with van der Waals surface area (Å²) >= 11 is 1.76. The summed E-state index contributed by atoms with van der Waals surface area (Å²) in [7, 11) is 0. The summed E-state index contributed by atoms with van der Waals surface area (Å²) < 4.78 is 14.0. The molecule has 184 valence electrons. The van der Waals surface area contributed by atoms with Crippen LogP contribution in [0.25, 0.3) is 0 Å². The van der Waals surface area contributed by atoms with Gasteiger partial charge in [-0.25, -0.2) is 4.39 Å². The molecule has 7 heteroatoms. The average Bonchev–Trinajstić information content (AvgIpc) is 3.31. The molecule has 0 saturated carbocycles. The second-order valence-electron chi connectivity index (χ2n) is 9.53. The maximum absolute atomic E-state index is 14.0. The Kier molecular flexibility index (Phi) is 8.37. The highest BCUT2D eigenvalue weighted by atomic mass is 32.1. The minimum Gasteiger partial charge on any atom is -0.339 e. The maximum atomic E-state index is 14.0. The molecule has 2 unspecified atom stereocenters. The largest absolute Gasteiger partial charge is 0.339 e. The van der Waals surface area contributed by atoms with Crippen molar-refractivity contribution in [3.63, 3.8) is 0 Å². The van der Waals surface area contributed by atoms with E-state index in [0.717, 1.165) is 37.8 Å². The van der Waals surface area contributed by atoms with Crippen LogP contribution in [-0.4, -0.2) is 65.3 Å². The Bertz CT molecular complexity index is 994. The first-order chi connectivity index (χ1) is 16.5. The number of thiophene rings is 1. The molecule has 1 aromatic carbocycles. The topological polar surface area (TPSA) is 43.9 Å². The Morgan fingerprint density at radius 3 is 2.71 bits per heavy atom. The van der Waals surface area contributed by atoms with Crippen molar-refractivity contribution >= 4 is 23.2 Å². The molecule has 2 aliphatic heterocycles. The van der Waals surface area contributed by atoms with E-state index in [-0.39, 0.29) is 29.7 Å². The number of fused-ring (bicyclic) bond motifs is 1. The molecule has 4 rings (SSSR count). The van der Waals surface area contributed by atoms with E-state index in [1.807, 2.05) is 22.8 Å². The lowest BCUT2D eigenvalue weighted by molar-refractivity contribution is -0.142. The maximum Gasteiger partial charge on any atom is 0.223 e. The van der Waals surface area contributed by atoms with E-state index >= 15 is 0 Å². The summed E-state index contributed by atoms with van der Waals surface area (Å²) in [6, 6.07) is 9.01. The minimum atomic E-state index is -0.230. The van der Waals surface area contributed by atoms with Crippen molar-refractivity contribution in [3.05, 3.63) is 57.5 Å². The third kappa shape index (κ3) is 5.69. The minimum absolute atomic E-state index is 0.0185. The van der Waals surface area contributed by atoms with Crippen LogP contribution in [0.3, 0.4) is 0 Å². The van der Waals surface area contributed by atoms with Crippen molar-refractivity contribution in [1.29, 1.82) is 0 Å². The van der Waals surface area contributed by atoms with Crippen LogP contribution < -0.4 is 0 Å². The van der Waals surface area contributed by atoms with Crippen LogP contribution in [-0.2, 0) is 16.0 Å². The Balaban J connectivity index is 1.35. The fourth-order valence-corrected chi connectivity index (χ4v) is 6.20. The van der Waals surface area contributed by atoms with E-state index in [1.54, 1.807) is 23.5 Å². The molecule has 0 N–H and O–H groups in total. The number of hydrogen-bond donors (Lipinski definition) is 0. The lowest BCUT2D eigenvalue weighted by Gasteiger charge is -2.41. The molecule has 2 aromatic rings. The number of nitrogens with zero attached hydrogens (tertiary/aromatic N) is 3. The number of carbonyl (C=O) groups excluding carboxylic acids is 2. The zero-order valence-corrected chi connectivity index (χ0v) is 21.2. The van der Waals surface area contributed by atoms with E-state index in [1.165, 1.54) is 16.5 Å². The van der Waals surface area contributed by atoms with Gasteiger partial charge in [0, 0.05) is 56.5 Å². The first-order valence-electron chi connectivity index (χ1n) is 12.6. The first-order valence-corrected chi connectivity index (χ1v) is 13.5. The van der Waals surface area contributed by atoms with Crippen molar-refractivity contribution in [3.8, 4) is 0 Å². The normalized spacial score (nSPS) is 20.9. The van der Waals surface area contributed by atoms with Gasteiger partial charge in [0.2, 0.25) is 11.8 Å². The number of benzene rings is 1. The monoisotopic (exact) mass is 485 g/mol. The fraction of sp³-hybridized carbons (Fsp3) is 0.556. The predicted octanol–water partition coefficient (Wildman–Crippen LogP) is 4.86. The van der Waals surface area contributed by atoms with Gasteiger partial charge in [-0.1, -0.05) is 31.9 Å². The molecule has 0 bridgehead atoms.